The Morgan fingerprint density at radius 1 is 0.464 bits per heavy atom. The zero-order chi connectivity index (χ0) is 20.6. The van der Waals surface area contributed by atoms with Crippen LogP contribution < -0.4 is 0 Å². The van der Waals surface area contributed by atoms with Gasteiger partial charge in [0.25, 0.3) is 0 Å². The molecule has 3 aromatic carbocycles. The molecule has 3 rings (SSSR count). The van der Waals surface area contributed by atoms with Crippen molar-refractivity contribution >= 4 is 0 Å². The lowest BCUT2D eigenvalue weighted by molar-refractivity contribution is -0.143. The minimum absolute atomic E-state index is 0.0416. The van der Waals surface area contributed by atoms with Crippen molar-refractivity contribution in [2.75, 3.05) is 0 Å². The van der Waals surface area contributed by atoms with E-state index in [0.717, 1.165) is 0 Å². The molecule has 3 aromatic rings. The van der Waals surface area contributed by atoms with E-state index in [1.807, 2.05) is 0 Å². The van der Waals surface area contributed by atoms with Gasteiger partial charge in [0.2, 0.25) is 0 Å². The Hall–Kier alpha value is -2.80. The highest BCUT2D eigenvalue weighted by molar-refractivity contribution is 5.49. The molecule has 0 spiro atoms. The highest BCUT2D eigenvalue weighted by Gasteiger charge is 2.41. The molecule has 0 aliphatic carbocycles. The standard InChI is InChI=1S/C21H14F6O/c22-20(23,24)17-11-16(12-18(13-17)21(25,26)27)19(28,14-7-3-1-4-8-14)15-9-5-2-6-10-15/h1-13,28H. The van der Waals surface area contributed by atoms with Crippen LogP contribution in [0.5, 0.6) is 0 Å². The lowest BCUT2D eigenvalue weighted by Crippen LogP contribution is -2.30. The van der Waals surface area contributed by atoms with Gasteiger partial charge in [0.05, 0.1) is 11.1 Å². The molecule has 0 bridgehead atoms. The van der Waals surface area contributed by atoms with Crippen molar-refractivity contribution in [2.45, 2.75) is 18.0 Å². The Labute approximate surface area is 156 Å². The topological polar surface area (TPSA) is 20.2 Å². The lowest BCUT2D eigenvalue weighted by Gasteiger charge is -2.31. The van der Waals surface area contributed by atoms with E-state index in [1.165, 1.54) is 24.3 Å². The number of hydrogen-bond donors (Lipinski definition) is 1. The van der Waals surface area contributed by atoms with Gasteiger partial charge >= 0.3 is 12.4 Å². The molecule has 0 atom stereocenters. The molecule has 0 fully saturated rings. The van der Waals surface area contributed by atoms with Crippen LogP contribution in [0.3, 0.4) is 0 Å². The first-order chi connectivity index (χ1) is 13.0. The van der Waals surface area contributed by atoms with Gasteiger partial charge in [0, 0.05) is 0 Å². The summed E-state index contributed by atoms with van der Waals surface area (Å²) in [7, 11) is 0. The maximum Gasteiger partial charge on any atom is 0.416 e. The third kappa shape index (κ3) is 3.75. The molecule has 28 heavy (non-hydrogen) atoms. The molecule has 1 N–H and O–H groups in total. The largest absolute Gasteiger partial charge is 0.416 e. The number of alkyl halides is 6. The Balaban J connectivity index is 2.35. The van der Waals surface area contributed by atoms with Crippen LogP contribution >= 0.6 is 0 Å². The van der Waals surface area contributed by atoms with Crippen LogP contribution in [0.2, 0.25) is 0 Å². The summed E-state index contributed by atoms with van der Waals surface area (Å²) in [5.74, 6) is 0. The van der Waals surface area contributed by atoms with E-state index in [9.17, 15) is 31.4 Å². The zero-order valence-electron chi connectivity index (χ0n) is 14.2. The maximum absolute atomic E-state index is 13.3. The SMILES string of the molecule is OC(c1ccccc1)(c1ccccc1)c1cc(C(F)(F)F)cc(C(F)(F)F)c1. The molecule has 0 radical (unpaired) electrons. The van der Waals surface area contributed by atoms with Crippen molar-refractivity contribution in [3.63, 3.8) is 0 Å². The smallest absolute Gasteiger partial charge is 0.376 e. The molecule has 0 aliphatic heterocycles. The first-order valence-corrected chi connectivity index (χ1v) is 8.16. The van der Waals surface area contributed by atoms with Crippen molar-refractivity contribution in [2.24, 2.45) is 0 Å². The van der Waals surface area contributed by atoms with Crippen LogP contribution in [0.1, 0.15) is 27.8 Å². The van der Waals surface area contributed by atoms with E-state index in [-0.39, 0.29) is 17.2 Å². The fourth-order valence-corrected chi connectivity index (χ4v) is 3.02. The quantitative estimate of drug-likeness (QED) is 0.425. The molecule has 0 amide bonds. The number of hydrogen-bond acceptors (Lipinski definition) is 1. The van der Waals surface area contributed by atoms with E-state index in [4.69, 9.17) is 0 Å². The van der Waals surface area contributed by atoms with Crippen LogP contribution in [0.4, 0.5) is 26.3 Å². The van der Waals surface area contributed by atoms with Gasteiger partial charge in [-0.25, -0.2) is 0 Å². The van der Waals surface area contributed by atoms with E-state index in [0.29, 0.717) is 12.1 Å². The molecule has 1 nitrogen and oxygen atoms in total. The van der Waals surface area contributed by atoms with E-state index < -0.39 is 34.6 Å². The van der Waals surface area contributed by atoms with Crippen LogP contribution in [-0.2, 0) is 18.0 Å². The van der Waals surface area contributed by atoms with Gasteiger partial charge in [-0.3, -0.25) is 0 Å². The summed E-state index contributed by atoms with van der Waals surface area (Å²) < 4.78 is 79.7. The van der Waals surface area contributed by atoms with E-state index in [2.05, 4.69) is 0 Å². The predicted molar refractivity (Wildman–Crippen MR) is 91.4 cm³/mol. The second-order valence-corrected chi connectivity index (χ2v) is 6.24. The fourth-order valence-electron chi connectivity index (χ4n) is 3.02. The molecule has 0 heterocycles. The molecular formula is C21H14F6O. The second kappa shape index (κ2) is 6.98. The van der Waals surface area contributed by atoms with E-state index in [1.54, 1.807) is 36.4 Å². The third-order valence-electron chi connectivity index (χ3n) is 4.39. The van der Waals surface area contributed by atoms with E-state index >= 15 is 0 Å². The van der Waals surface area contributed by atoms with Crippen molar-refractivity contribution in [1.82, 2.24) is 0 Å². The Morgan fingerprint density at radius 3 is 1.11 bits per heavy atom. The monoisotopic (exact) mass is 396 g/mol. The van der Waals surface area contributed by atoms with Crippen molar-refractivity contribution in [3.8, 4) is 0 Å². The summed E-state index contributed by atoms with van der Waals surface area (Å²) in [6, 6.07) is 16.4. The van der Waals surface area contributed by atoms with Gasteiger partial charge in [-0.1, -0.05) is 60.7 Å². The molecule has 146 valence electrons. The summed E-state index contributed by atoms with van der Waals surface area (Å²) in [5, 5.41) is 11.5. The van der Waals surface area contributed by atoms with Gasteiger partial charge in [-0.05, 0) is 34.9 Å². The van der Waals surface area contributed by atoms with Crippen LogP contribution in [-0.4, -0.2) is 5.11 Å². The second-order valence-electron chi connectivity index (χ2n) is 6.24. The third-order valence-corrected chi connectivity index (χ3v) is 4.39. The number of rotatable bonds is 3. The van der Waals surface area contributed by atoms with Crippen molar-refractivity contribution < 1.29 is 31.4 Å². The van der Waals surface area contributed by atoms with Gasteiger partial charge in [-0.2, -0.15) is 26.3 Å². The average molecular weight is 396 g/mol. The Morgan fingerprint density at radius 2 is 0.786 bits per heavy atom. The predicted octanol–water partition coefficient (Wildman–Crippen LogP) is 6.01. The Kier molecular flexibility index (Phi) is 4.97. The highest BCUT2D eigenvalue weighted by atomic mass is 19.4. The maximum atomic E-state index is 13.3. The minimum atomic E-state index is -5.01. The number of benzene rings is 3. The zero-order valence-corrected chi connectivity index (χ0v) is 14.2. The van der Waals surface area contributed by atoms with Gasteiger partial charge < -0.3 is 5.11 Å². The van der Waals surface area contributed by atoms with Gasteiger partial charge in [-0.15, -0.1) is 0 Å². The molecule has 0 saturated heterocycles. The van der Waals surface area contributed by atoms with Crippen molar-refractivity contribution in [1.29, 1.82) is 0 Å². The molecule has 7 heteroatoms. The highest BCUT2D eigenvalue weighted by Crippen LogP contribution is 2.42. The van der Waals surface area contributed by atoms with Crippen molar-refractivity contribution in [3.05, 3.63) is 107 Å². The average Bonchev–Trinajstić information content (AvgIpc) is 2.67. The molecular weight excluding hydrogens is 382 g/mol. The number of halogens is 6. The Bertz CT molecular complexity index is 874. The molecule has 0 unspecified atom stereocenters. The van der Waals surface area contributed by atoms with Crippen LogP contribution in [0.15, 0.2) is 78.9 Å². The molecule has 0 saturated carbocycles. The summed E-state index contributed by atoms with van der Waals surface area (Å²) in [4.78, 5) is 0. The van der Waals surface area contributed by atoms with Crippen LogP contribution in [0.25, 0.3) is 0 Å². The summed E-state index contributed by atoms with van der Waals surface area (Å²) in [6.45, 7) is 0. The first kappa shape index (κ1) is 19.9. The first-order valence-electron chi connectivity index (χ1n) is 8.16. The molecule has 0 aliphatic rings. The lowest BCUT2D eigenvalue weighted by atomic mass is 9.79. The summed E-state index contributed by atoms with van der Waals surface area (Å²) in [5.41, 5.74) is -5.40. The van der Waals surface area contributed by atoms with Gasteiger partial charge in [0.15, 0.2) is 0 Å². The normalized spacial score (nSPS) is 12.8. The molecule has 0 aromatic heterocycles. The minimum Gasteiger partial charge on any atom is -0.376 e. The van der Waals surface area contributed by atoms with Crippen LogP contribution in [0, 0.1) is 0 Å². The van der Waals surface area contributed by atoms with Gasteiger partial charge in [0.1, 0.15) is 5.60 Å². The number of aliphatic hydroxyl groups is 1. The fraction of sp³-hybridized carbons (Fsp3) is 0.143. The summed E-state index contributed by atoms with van der Waals surface area (Å²) >= 11 is 0. The summed E-state index contributed by atoms with van der Waals surface area (Å²) in [6.07, 6.45) is -10.0.